The van der Waals surface area contributed by atoms with E-state index in [0.29, 0.717) is 30.2 Å². The average molecular weight is 340 g/mol. The van der Waals surface area contributed by atoms with E-state index in [1.54, 1.807) is 31.4 Å². The summed E-state index contributed by atoms with van der Waals surface area (Å²) in [4.78, 5) is 25.9. The van der Waals surface area contributed by atoms with Crippen molar-refractivity contribution in [2.24, 2.45) is 0 Å². The van der Waals surface area contributed by atoms with Crippen LogP contribution in [0.1, 0.15) is 0 Å². The van der Waals surface area contributed by atoms with E-state index in [1.807, 2.05) is 29.2 Å². The number of para-hydroxylation sites is 2. The van der Waals surface area contributed by atoms with Gasteiger partial charge in [-0.15, -0.1) is 0 Å². The summed E-state index contributed by atoms with van der Waals surface area (Å²) < 4.78 is 5.15. The molecule has 2 aromatic carbocycles. The van der Waals surface area contributed by atoms with Crippen molar-refractivity contribution in [3.8, 4) is 5.75 Å². The van der Waals surface area contributed by atoms with E-state index in [2.05, 4.69) is 16.0 Å². The molecule has 0 spiro atoms. The van der Waals surface area contributed by atoms with Crippen molar-refractivity contribution in [1.29, 1.82) is 0 Å². The van der Waals surface area contributed by atoms with Crippen molar-refractivity contribution in [3.63, 3.8) is 0 Å². The molecular formula is C18H20N4O3. The van der Waals surface area contributed by atoms with Crippen LogP contribution in [0, 0.1) is 0 Å². The van der Waals surface area contributed by atoms with Gasteiger partial charge >= 0.3 is 6.03 Å². The van der Waals surface area contributed by atoms with Gasteiger partial charge in [0.05, 0.1) is 25.0 Å². The van der Waals surface area contributed by atoms with Crippen molar-refractivity contribution < 1.29 is 14.3 Å². The van der Waals surface area contributed by atoms with E-state index in [0.717, 1.165) is 5.69 Å². The molecule has 0 unspecified atom stereocenters. The van der Waals surface area contributed by atoms with Gasteiger partial charge in [0.2, 0.25) is 5.91 Å². The molecule has 0 radical (unpaired) electrons. The number of carbonyl (C=O) groups is 2. The molecule has 25 heavy (non-hydrogen) atoms. The normalized spacial score (nSPS) is 13.8. The van der Waals surface area contributed by atoms with E-state index < -0.39 is 0 Å². The van der Waals surface area contributed by atoms with Gasteiger partial charge in [-0.3, -0.25) is 4.79 Å². The van der Waals surface area contributed by atoms with E-state index in [4.69, 9.17) is 4.74 Å². The first-order chi connectivity index (χ1) is 12.2. The molecule has 3 amide bonds. The minimum absolute atomic E-state index is 0.0260. The summed E-state index contributed by atoms with van der Waals surface area (Å²) in [6, 6.07) is 14.2. The fourth-order valence-corrected chi connectivity index (χ4v) is 2.68. The molecule has 0 bridgehead atoms. The minimum Gasteiger partial charge on any atom is -0.497 e. The SMILES string of the molecule is COc1cccc(NC(=O)Nc2ccccc2N2CCNC(=O)C2)c1. The molecule has 3 N–H and O–H groups in total. The zero-order chi connectivity index (χ0) is 17.6. The molecule has 0 aromatic heterocycles. The van der Waals surface area contributed by atoms with E-state index in [-0.39, 0.29) is 18.5 Å². The molecule has 2 aromatic rings. The smallest absolute Gasteiger partial charge is 0.323 e. The maximum absolute atomic E-state index is 12.3. The Bertz CT molecular complexity index is 778. The predicted octanol–water partition coefficient (Wildman–Crippen LogP) is 2.28. The fourth-order valence-electron chi connectivity index (χ4n) is 2.68. The molecule has 1 saturated heterocycles. The van der Waals surface area contributed by atoms with Gasteiger partial charge < -0.3 is 25.6 Å². The molecule has 7 nitrogen and oxygen atoms in total. The van der Waals surface area contributed by atoms with Gasteiger partial charge in [-0.25, -0.2) is 4.79 Å². The third-order valence-electron chi connectivity index (χ3n) is 3.86. The third kappa shape index (κ3) is 4.20. The summed E-state index contributed by atoms with van der Waals surface area (Å²) in [7, 11) is 1.57. The lowest BCUT2D eigenvalue weighted by molar-refractivity contribution is -0.120. The molecule has 130 valence electrons. The Morgan fingerprint density at radius 1 is 1.16 bits per heavy atom. The first-order valence-electron chi connectivity index (χ1n) is 7.98. The van der Waals surface area contributed by atoms with Gasteiger partial charge in [-0.05, 0) is 24.3 Å². The first-order valence-corrected chi connectivity index (χ1v) is 7.98. The number of nitrogens with one attached hydrogen (secondary N) is 3. The summed E-state index contributed by atoms with van der Waals surface area (Å²) in [6.07, 6.45) is 0. The van der Waals surface area contributed by atoms with Crippen LogP contribution in [0.5, 0.6) is 5.75 Å². The Kier molecular flexibility index (Phi) is 5.03. The van der Waals surface area contributed by atoms with Crippen molar-refractivity contribution >= 4 is 29.0 Å². The molecule has 0 atom stereocenters. The highest BCUT2D eigenvalue weighted by molar-refractivity contribution is 6.02. The molecule has 0 saturated carbocycles. The molecule has 3 rings (SSSR count). The van der Waals surface area contributed by atoms with Crippen molar-refractivity contribution in [2.75, 3.05) is 42.3 Å². The van der Waals surface area contributed by atoms with Crippen LogP contribution in [0.25, 0.3) is 0 Å². The minimum atomic E-state index is -0.359. The molecule has 1 aliphatic rings. The lowest BCUT2D eigenvalue weighted by atomic mass is 10.2. The Morgan fingerprint density at radius 2 is 2.00 bits per heavy atom. The van der Waals surface area contributed by atoms with Crippen molar-refractivity contribution in [1.82, 2.24) is 5.32 Å². The quantitative estimate of drug-likeness (QED) is 0.797. The molecule has 1 aliphatic heterocycles. The Labute approximate surface area is 146 Å². The molecular weight excluding hydrogens is 320 g/mol. The van der Waals surface area contributed by atoms with Crippen LogP contribution < -0.4 is 25.6 Å². The largest absolute Gasteiger partial charge is 0.497 e. The number of hydrogen-bond acceptors (Lipinski definition) is 4. The van der Waals surface area contributed by atoms with Crippen LogP contribution in [0.15, 0.2) is 48.5 Å². The summed E-state index contributed by atoms with van der Waals surface area (Å²) >= 11 is 0. The second-order valence-corrected chi connectivity index (χ2v) is 5.60. The summed E-state index contributed by atoms with van der Waals surface area (Å²) in [5.74, 6) is 0.638. The van der Waals surface area contributed by atoms with Crippen LogP contribution in [-0.2, 0) is 4.79 Å². The number of urea groups is 1. The second-order valence-electron chi connectivity index (χ2n) is 5.60. The Morgan fingerprint density at radius 3 is 2.80 bits per heavy atom. The van der Waals surface area contributed by atoms with Crippen molar-refractivity contribution in [2.45, 2.75) is 0 Å². The lowest BCUT2D eigenvalue weighted by Crippen LogP contribution is -2.48. The second kappa shape index (κ2) is 7.57. The first kappa shape index (κ1) is 16.6. The number of hydrogen-bond donors (Lipinski definition) is 3. The number of nitrogens with zero attached hydrogens (tertiary/aromatic N) is 1. The average Bonchev–Trinajstić information content (AvgIpc) is 2.62. The number of methoxy groups -OCH3 is 1. The monoisotopic (exact) mass is 340 g/mol. The predicted molar refractivity (Wildman–Crippen MR) is 97.3 cm³/mol. The number of anilines is 3. The Balaban J connectivity index is 1.71. The summed E-state index contributed by atoms with van der Waals surface area (Å²) in [6.45, 7) is 1.56. The molecule has 0 aliphatic carbocycles. The van der Waals surface area contributed by atoms with E-state index in [1.165, 1.54) is 0 Å². The van der Waals surface area contributed by atoms with Crippen LogP contribution in [0.4, 0.5) is 21.9 Å². The maximum Gasteiger partial charge on any atom is 0.323 e. The van der Waals surface area contributed by atoms with Crippen LogP contribution in [-0.4, -0.2) is 38.7 Å². The zero-order valence-corrected chi connectivity index (χ0v) is 13.9. The summed E-state index contributed by atoms with van der Waals surface area (Å²) in [5.41, 5.74) is 2.10. The van der Waals surface area contributed by atoms with E-state index in [9.17, 15) is 9.59 Å². The number of amides is 3. The standard InChI is InChI=1S/C18H20N4O3/c1-25-14-6-4-5-13(11-14)20-18(24)21-15-7-2-3-8-16(15)22-10-9-19-17(23)12-22/h2-8,11H,9-10,12H2,1H3,(H,19,23)(H2,20,21,24). The molecule has 1 heterocycles. The number of benzene rings is 2. The van der Waals surface area contributed by atoms with Gasteiger partial charge in [0.25, 0.3) is 0 Å². The van der Waals surface area contributed by atoms with Gasteiger partial charge in [0, 0.05) is 24.8 Å². The zero-order valence-electron chi connectivity index (χ0n) is 13.9. The highest BCUT2D eigenvalue weighted by atomic mass is 16.5. The maximum atomic E-state index is 12.3. The van der Waals surface area contributed by atoms with Crippen LogP contribution in [0.3, 0.4) is 0 Å². The number of ether oxygens (including phenoxy) is 1. The summed E-state index contributed by atoms with van der Waals surface area (Å²) in [5, 5.41) is 8.41. The van der Waals surface area contributed by atoms with Crippen LogP contribution in [0.2, 0.25) is 0 Å². The van der Waals surface area contributed by atoms with Gasteiger partial charge in [-0.2, -0.15) is 0 Å². The molecule has 1 fully saturated rings. The Hall–Kier alpha value is -3.22. The lowest BCUT2D eigenvalue weighted by Gasteiger charge is -2.30. The third-order valence-corrected chi connectivity index (χ3v) is 3.86. The number of carbonyl (C=O) groups excluding carboxylic acids is 2. The fraction of sp³-hybridized carbons (Fsp3) is 0.222. The van der Waals surface area contributed by atoms with Gasteiger partial charge in [-0.1, -0.05) is 18.2 Å². The highest BCUT2D eigenvalue weighted by Gasteiger charge is 2.19. The number of piperazine rings is 1. The van der Waals surface area contributed by atoms with Gasteiger partial charge in [0.15, 0.2) is 0 Å². The topological polar surface area (TPSA) is 82.7 Å². The molecule has 7 heteroatoms. The van der Waals surface area contributed by atoms with Crippen molar-refractivity contribution in [3.05, 3.63) is 48.5 Å². The number of rotatable bonds is 4. The van der Waals surface area contributed by atoms with Gasteiger partial charge in [0.1, 0.15) is 5.75 Å². The van der Waals surface area contributed by atoms with E-state index >= 15 is 0 Å². The highest BCUT2D eigenvalue weighted by Crippen LogP contribution is 2.26. The van der Waals surface area contributed by atoms with Crippen LogP contribution >= 0.6 is 0 Å².